The molecule has 10 heteroatoms. The molecule has 3 rings (SSSR count). The summed E-state index contributed by atoms with van der Waals surface area (Å²) in [5, 5.41) is 3.30. The van der Waals surface area contributed by atoms with Gasteiger partial charge in [-0.2, -0.15) is 17.5 Å². The Morgan fingerprint density at radius 3 is 2.40 bits per heavy atom. The molecule has 1 fully saturated rings. The minimum absolute atomic E-state index is 0.0469. The molecule has 1 amide bonds. The number of benzene rings is 2. The Balaban J connectivity index is 1.66. The second-order valence-electron chi connectivity index (χ2n) is 7.16. The molecule has 0 aliphatic carbocycles. The summed E-state index contributed by atoms with van der Waals surface area (Å²) < 4.78 is 65.3. The van der Waals surface area contributed by atoms with E-state index in [0.717, 1.165) is 28.1 Å². The zero-order valence-electron chi connectivity index (χ0n) is 16.0. The minimum Gasteiger partial charge on any atom is -0.326 e. The van der Waals surface area contributed by atoms with Crippen molar-refractivity contribution in [3.8, 4) is 0 Å². The van der Waals surface area contributed by atoms with Crippen LogP contribution in [0.25, 0.3) is 0 Å². The molecule has 1 aliphatic rings. The summed E-state index contributed by atoms with van der Waals surface area (Å²) in [5.74, 6) is -0.649. The van der Waals surface area contributed by atoms with Gasteiger partial charge in [0.2, 0.25) is 15.9 Å². The van der Waals surface area contributed by atoms with Crippen molar-refractivity contribution in [2.75, 3.05) is 18.4 Å². The second kappa shape index (κ2) is 8.56. The van der Waals surface area contributed by atoms with Crippen LogP contribution in [0.2, 0.25) is 5.02 Å². The number of amides is 1. The molecule has 0 unspecified atom stereocenters. The van der Waals surface area contributed by atoms with Gasteiger partial charge in [0.15, 0.2) is 0 Å². The molecule has 30 heavy (non-hydrogen) atoms. The molecule has 1 heterocycles. The number of hydrogen-bond acceptors (Lipinski definition) is 3. The summed E-state index contributed by atoms with van der Waals surface area (Å²) in [6.07, 6.45) is -4.09. The molecular formula is C20H20ClF3N2O3S. The Bertz CT molecular complexity index is 1050. The molecule has 1 N–H and O–H groups in total. The first-order chi connectivity index (χ1) is 14.0. The average molecular weight is 461 g/mol. The highest BCUT2D eigenvalue weighted by atomic mass is 35.5. The lowest BCUT2D eigenvalue weighted by atomic mass is 9.97. The zero-order chi connectivity index (χ0) is 22.1. The fourth-order valence-electron chi connectivity index (χ4n) is 3.26. The number of aryl methyl sites for hydroxylation is 1. The van der Waals surface area contributed by atoms with E-state index in [1.54, 1.807) is 18.2 Å². The molecule has 0 atom stereocenters. The minimum atomic E-state index is -4.63. The fourth-order valence-corrected chi connectivity index (χ4v) is 4.95. The van der Waals surface area contributed by atoms with Gasteiger partial charge in [-0.1, -0.05) is 23.7 Å². The Morgan fingerprint density at radius 2 is 1.80 bits per heavy atom. The molecule has 5 nitrogen and oxygen atoms in total. The summed E-state index contributed by atoms with van der Waals surface area (Å²) in [6.45, 7) is 1.94. The molecule has 162 valence electrons. The molecule has 1 saturated heterocycles. The van der Waals surface area contributed by atoms with Crippen molar-refractivity contribution in [3.63, 3.8) is 0 Å². The van der Waals surface area contributed by atoms with Gasteiger partial charge in [-0.25, -0.2) is 8.42 Å². The predicted octanol–water partition coefficient (Wildman–Crippen LogP) is 4.71. The number of carbonyl (C=O) groups is 1. The Hall–Kier alpha value is -2.10. The average Bonchev–Trinajstić information content (AvgIpc) is 2.70. The molecule has 0 radical (unpaired) electrons. The number of nitrogens with zero attached hydrogens (tertiary/aromatic N) is 1. The number of alkyl halides is 3. The molecule has 2 aromatic carbocycles. The van der Waals surface area contributed by atoms with Gasteiger partial charge in [-0.15, -0.1) is 0 Å². The summed E-state index contributed by atoms with van der Waals surface area (Å²) >= 11 is 6.05. The van der Waals surface area contributed by atoms with E-state index >= 15 is 0 Å². The van der Waals surface area contributed by atoms with E-state index in [1.807, 2.05) is 6.92 Å². The second-order valence-corrected chi connectivity index (χ2v) is 9.50. The van der Waals surface area contributed by atoms with Crippen molar-refractivity contribution in [3.05, 3.63) is 58.6 Å². The number of carbonyl (C=O) groups excluding carboxylic acids is 1. The van der Waals surface area contributed by atoms with Crippen molar-refractivity contribution in [1.82, 2.24) is 4.31 Å². The highest BCUT2D eigenvalue weighted by Gasteiger charge is 2.35. The predicted molar refractivity (Wildman–Crippen MR) is 108 cm³/mol. The van der Waals surface area contributed by atoms with Gasteiger partial charge in [0.25, 0.3) is 0 Å². The normalized spacial score (nSPS) is 16.4. The van der Waals surface area contributed by atoms with Gasteiger partial charge in [0.05, 0.1) is 10.5 Å². The van der Waals surface area contributed by atoms with E-state index in [2.05, 4.69) is 5.32 Å². The number of sulfonamides is 1. The number of halogens is 4. The largest absolute Gasteiger partial charge is 0.416 e. The summed E-state index contributed by atoms with van der Waals surface area (Å²) in [5.41, 5.74) is 0.409. The van der Waals surface area contributed by atoms with E-state index in [4.69, 9.17) is 11.6 Å². The molecule has 1 aliphatic heterocycles. The number of rotatable bonds is 4. The van der Waals surface area contributed by atoms with Gasteiger partial charge in [0.1, 0.15) is 0 Å². The van der Waals surface area contributed by atoms with E-state index in [0.29, 0.717) is 16.8 Å². The van der Waals surface area contributed by atoms with Crippen LogP contribution in [0, 0.1) is 12.8 Å². The number of hydrogen-bond donors (Lipinski definition) is 1. The first kappa shape index (κ1) is 22.6. The van der Waals surface area contributed by atoms with Crippen molar-refractivity contribution in [2.24, 2.45) is 5.92 Å². The van der Waals surface area contributed by atoms with Crippen LogP contribution in [0.1, 0.15) is 24.0 Å². The maximum atomic E-state index is 12.9. The number of piperidine rings is 1. The van der Waals surface area contributed by atoms with E-state index in [1.165, 1.54) is 0 Å². The quantitative estimate of drug-likeness (QED) is 0.718. The monoisotopic (exact) mass is 460 g/mol. The molecule has 0 spiro atoms. The number of anilines is 1. The van der Waals surface area contributed by atoms with Crippen LogP contribution in [0.3, 0.4) is 0 Å². The lowest BCUT2D eigenvalue weighted by Gasteiger charge is -2.30. The SMILES string of the molecule is Cc1ccc(NC(=O)C2CCN(S(=O)(=O)c3cccc(C(F)(F)F)c3)CC2)cc1Cl. The Morgan fingerprint density at radius 1 is 1.13 bits per heavy atom. The van der Waals surface area contributed by atoms with E-state index in [9.17, 15) is 26.4 Å². The maximum absolute atomic E-state index is 12.9. The van der Waals surface area contributed by atoms with Crippen LogP contribution >= 0.6 is 11.6 Å². The molecule has 0 saturated carbocycles. The van der Waals surface area contributed by atoms with Gasteiger partial charge in [-0.05, 0) is 55.7 Å². The van der Waals surface area contributed by atoms with Gasteiger partial charge >= 0.3 is 6.18 Å². The van der Waals surface area contributed by atoms with E-state index < -0.39 is 32.6 Å². The molecular weight excluding hydrogens is 441 g/mol. The van der Waals surface area contributed by atoms with Crippen LogP contribution in [-0.2, 0) is 21.0 Å². The van der Waals surface area contributed by atoms with Gasteiger partial charge < -0.3 is 5.32 Å². The van der Waals surface area contributed by atoms with E-state index in [-0.39, 0.29) is 31.8 Å². The van der Waals surface area contributed by atoms with Gasteiger partial charge in [0, 0.05) is 29.7 Å². The lowest BCUT2D eigenvalue weighted by Crippen LogP contribution is -2.41. The Labute approximate surface area is 177 Å². The molecule has 0 bridgehead atoms. The lowest BCUT2D eigenvalue weighted by molar-refractivity contribution is -0.137. The first-order valence-corrected chi connectivity index (χ1v) is 11.0. The molecule has 2 aromatic rings. The third-order valence-corrected chi connectivity index (χ3v) is 7.37. The Kier molecular flexibility index (Phi) is 6.45. The van der Waals surface area contributed by atoms with Crippen LogP contribution < -0.4 is 5.32 Å². The zero-order valence-corrected chi connectivity index (χ0v) is 17.6. The highest BCUT2D eigenvalue weighted by Crippen LogP contribution is 2.32. The van der Waals surface area contributed by atoms with Gasteiger partial charge in [-0.3, -0.25) is 4.79 Å². The first-order valence-electron chi connectivity index (χ1n) is 9.23. The molecule has 0 aromatic heterocycles. The third kappa shape index (κ3) is 4.96. The van der Waals surface area contributed by atoms with Crippen molar-refractivity contribution in [2.45, 2.75) is 30.8 Å². The van der Waals surface area contributed by atoms with Crippen LogP contribution in [-0.4, -0.2) is 31.7 Å². The van der Waals surface area contributed by atoms with Crippen molar-refractivity contribution in [1.29, 1.82) is 0 Å². The number of nitrogens with one attached hydrogen (secondary N) is 1. The van der Waals surface area contributed by atoms with Crippen molar-refractivity contribution < 1.29 is 26.4 Å². The highest BCUT2D eigenvalue weighted by molar-refractivity contribution is 7.89. The van der Waals surface area contributed by atoms with Crippen LogP contribution in [0.5, 0.6) is 0 Å². The van der Waals surface area contributed by atoms with Crippen LogP contribution in [0.15, 0.2) is 47.4 Å². The topological polar surface area (TPSA) is 66.5 Å². The third-order valence-electron chi connectivity index (χ3n) is 5.06. The van der Waals surface area contributed by atoms with Crippen LogP contribution in [0.4, 0.5) is 18.9 Å². The maximum Gasteiger partial charge on any atom is 0.416 e. The summed E-state index contributed by atoms with van der Waals surface area (Å²) in [6, 6.07) is 8.83. The summed E-state index contributed by atoms with van der Waals surface area (Å²) in [4.78, 5) is 12.1. The smallest absolute Gasteiger partial charge is 0.326 e. The summed E-state index contributed by atoms with van der Waals surface area (Å²) in [7, 11) is -4.08. The van der Waals surface area contributed by atoms with Crippen molar-refractivity contribution >= 4 is 33.2 Å². The standard InChI is InChI=1S/C20H20ClF3N2O3S/c1-13-5-6-16(12-18(13)21)25-19(27)14-7-9-26(10-8-14)30(28,29)17-4-2-3-15(11-17)20(22,23)24/h2-6,11-12,14H,7-10H2,1H3,(H,25,27). The fraction of sp³-hybridized carbons (Fsp3) is 0.350.